The van der Waals surface area contributed by atoms with Crippen LogP contribution in [-0.4, -0.2) is 11.6 Å². The summed E-state index contributed by atoms with van der Waals surface area (Å²) in [5.74, 6) is -0.164. The van der Waals surface area contributed by atoms with Gasteiger partial charge in [-0.1, -0.05) is 23.7 Å². The van der Waals surface area contributed by atoms with Crippen LogP contribution < -0.4 is 0 Å². The fraction of sp³-hybridized carbons (Fsp3) is 0.462. The second kappa shape index (κ2) is 5.35. The van der Waals surface area contributed by atoms with Crippen molar-refractivity contribution in [3.8, 4) is 0 Å². The van der Waals surface area contributed by atoms with Gasteiger partial charge in [-0.2, -0.15) is 0 Å². The van der Waals surface area contributed by atoms with Crippen LogP contribution in [0.4, 0.5) is 0 Å². The lowest BCUT2D eigenvalue weighted by Crippen LogP contribution is -2.23. The maximum atomic E-state index is 11.5. The number of hydrogen-bond donors (Lipinski definition) is 0. The minimum absolute atomic E-state index is 0.164. The molecule has 0 saturated heterocycles. The molecule has 0 unspecified atom stereocenters. The van der Waals surface area contributed by atoms with Crippen LogP contribution in [0.1, 0.15) is 32.8 Å². The molecule has 0 aliphatic rings. The number of aryl methyl sites for hydroxylation is 1. The minimum atomic E-state index is -0.406. The maximum Gasteiger partial charge on any atom is 0.306 e. The van der Waals surface area contributed by atoms with Crippen LogP contribution >= 0.6 is 11.6 Å². The first-order valence-electron chi connectivity index (χ1n) is 5.33. The second-order valence-electron chi connectivity index (χ2n) is 4.71. The molecule has 1 rings (SSSR count). The molecule has 0 spiro atoms. The molecule has 0 atom stereocenters. The highest BCUT2D eigenvalue weighted by molar-refractivity contribution is 6.30. The highest BCUT2D eigenvalue weighted by Gasteiger charge is 2.15. The molecule has 0 bridgehead atoms. The first kappa shape index (κ1) is 13.0. The van der Waals surface area contributed by atoms with Crippen LogP contribution in [0.25, 0.3) is 0 Å². The van der Waals surface area contributed by atoms with Gasteiger partial charge < -0.3 is 4.74 Å². The van der Waals surface area contributed by atoms with Crippen LogP contribution in [-0.2, 0) is 16.0 Å². The summed E-state index contributed by atoms with van der Waals surface area (Å²) in [5, 5.41) is 0.709. The Balaban J connectivity index is 2.40. The Morgan fingerprint density at radius 2 is 1.81 bits per heavy atom. The molecule has 0 N–H and O–H groups in total. The predicted octanol–water partition coefficient (Wildman–Crippen LogP) is 3.61. The number of halogens is 1. The van der Waals surface area contributed by atoms with Gasteiger partial charge in [0.25, 0.3) is 0 Å². The molecule has 0 aromatic heterocycles. The summed E-state index contributed by atoms with van der Waals surface area (Å²) in [6.07, 6.45) is 1.09. The van der Waals surface area contributed by atoms with E-state index < -0.39 is 5.60 Å². The lowest BCUT2D eigenvalue weighted by atomic mass is 10.1. The van der Waals surface area contributed by atoms with E-state index in [1.54, 1.807) is 0 Å². The van der Waals surface area contributed by atoms with Crippen LogP contribution in [0.15, 0.2) is 24.3 Å². The fourth-order valence-corrected chi connectivity index (χ4v) is 1.42. The van der Waals surface area contributed by atoms with Crippen molar-refractivity contribution in [1.29, 1.82) is 0 Å². The Labute approximate surface area is 102 Å². The van der Waals surface area contributed by atoms with Gasteiger partial charge in [-0.3, -0.25) is 4.79 Å². The molecular formula is C13H17ClO2. The Morgan fingerprint density at radius 3 is 2.31 bits per heavy atom. The molecule has 0 fully saturated rings. The van der Waals surface area contributed by atoms with E-state index >= 15 is 0 Å². The minimum Gasteiger partial charge on any atom is -0.460 e. The van der Waals surface area contributed by atoms with Crippen molar-refractivity contribution in [2.24, 2.45) is 0 Å². The summed E-state index contributed by atoms with van der Waals surface area (Å²) < 4.78 is 5.22. The van der Waals surface area contributed by atoms with Crippen LogP contribution in [0.2, 0.25) is 5.02 Å². The van der Waals surface area contributed by atoms with E-state index in [1.807, 2.05) is 45.0 Å². The second-order valence-corrected chi connectivity index (χ2v) is 5.15. The van der Waals surface area contributed by atoms with Crippen molar-refractivity contribution in [1.82, 2.24) is 0 Å². The molecule has 0 saturated carbocycles. The van der Waals surface area contributed by atoms with Gasteiger partial charge in [0.05, 0.1) is 0 Å². The van der Waals surface area contributed by atoms with E-state index in [4.69, 9.17) is 16.3 Å². The van der Waals surface area contributed by atoms with Gasteiger partial charge in [0.2, 0.25) is 0 Å². The zero-order chi connectivity index (χ0) is 12.2. The average Bonchev–Trinajstić information content (AvgIpc) is 2.14. The third kappa shape index (κ3) is 5.17. The Kier molecular flexibility index (Phi) is 4.36. The van der Waals surface area contributed by atoms with Gasteiger partial charge in [0, 0.05) is 11.4 Å². The lowest BCUT2D eigenvalue weighted by Gasteiger charge is -2.19. The summed E-state index contributed by atoms with van der Waals surface area (Å²) in [6, 6.07) is 7.50. The smallest absolute Gasteiger partial charge is 0.306 e. The van der Waals surface area contributed by atoms with Crippen LogP contribution in [0.3, 0.4) is 0 Å². The highest BCUT2D eigenvalue weighted by atomic mass is 35.5. The maximum absolute atomic E-state index is 11.5. The van der Waals surface area contributed by atoms with Crippen LogP contribution in [0.5, 0.6) is 0 Å². The number of esters is 1. The van der Waals surface area contributed by atoms with Gasteiger partial charge in [-0.25, -0.2) is 0 Å². The molecule has 1 aromatic carbocycles. The topological polar surface area (TPSA) is 26.3 Å². The number of hydrogen-bond acceptors (Lipinski definition) is 2. The molecule has 0 aliphatic heterocycles. The van der Waals surface area contributed by atoms with Crippen LogP contribution in [0, 0.1) is 0 Å². The number of benzene rings is 1. The summed E-state index contributed by atoms with van der Waals surface area (Å²) >= 11 is 5.77. The number of carbonyl (C=O) groups excluding carboxylic acids is 1. The molecule has 0 radical (unpaired) electrons. The van der Waals surface area contributed by atoms with Crippen molar-refractivity contribution in [2.75, 3.05) is 0 Å². The molecule has 88 valence electrons. The standard InChI is InChI=1S/C13H17ClO2/c1-13(2,3)16-12(15)9-6-10-4-7-11(14)8-5-10/h4-5,7-8H,6,9H2,1-3H3. The normalized spacial score (nSPS) is 11.2. The zero-order valence-corrected chi connectivity index (χ0v) is 10.7. The third-order valence-electron chi connectivity index (χ3n) is 1.95. The van der Waals surface area contributed by atoms with Gasteiger partial charge >= 0.3 is 5.97 Å². The molecule has 0 heterocycles. The quantitative estimate of drug-likeness (QED) is 0.755. The van der Waals surface area contributed by atoms with E-state index in [0.717, 1.165) is 5.56 Å². The molecule has 0 aliphatic carbocycles. The number of ether oxygens (including phenoxy) is 1. The first-order valence-corrected chi connectivity index (χ1v) is 5.71. The van der Waals surface area contributed by atoms with Crippen molar-refractivity contribution in [3.63, 3.8) is 0 Å². The number of carbonyl (C=O) groups is 1. The average molecular weight is 241 g/mol. The van der Waals surface area contributed by atoms with Gasteiger partial charge in [-0.15, -0.1) is 0 Å². The van der Waals surface area contributed by atoms with E-state index in [2.05, 4.69) is 0 Å². The van der Waals surface area contributed by atoms with Crippen molar-refractivity contribution in [2.45, 2.75) is 39.2 Å². The van der Waals surface area contributed by atoms with Gasteiger partial charge in [0.15, 0.2) is 0 Å². The van der Waals surface area contributed by atoms with E-state index in [9.17, 15) is 4.79 Å². The SMILES string of the molecule is CC(C)(C)OC(=O)CCc1ccc(Cl)cc1. The molecule has 2 nitrogen and oxygen atoms in total. The van der Waals surface area contributed by atoms with E-state index in [-0.39, 0.29) is 5.97 Å². The molecule has 0 amide bonds. The molecular weight excluding hydrogens is 224 g/mol. The fourth-order valence-electron chi connectivity index (χ4n) is 1.29. The summed E-state index contributed by atoms with van der Waals surface area (Å²) in [5.41, 5.74) is 0.687. The summed E-state index contributed by atoms with van der Waals surface area (Å²) in [7, 11) is 0. The highest BCUT2D eigenvalue weighted by Crippen LogP contribution is 2.13. The predicted molar refractivity (Wildman–Crippen MR) is 65.6 cm³/mol. The lowest BCUT2D eigenvalue weighted by molar-refractivity contribution is -0.154. The first-order chi connectivity index (χ1) is 7.37. The monoisotopic (exact) mass is 240 g/mol. The van der Waals surface area contributed by atoms with E-state index in [0.29, 0.717) is 17.9 Å². The summed E-state index contributed by atoms with van der Waals surface area (Å²) in [6.45, 7) is 5.60. The van der Waals surface area contributed by atoms with Crippen molar-refractivity contribution >= 4 is 17.6 Å². The Hall–Kier alpha value is -1.02. The van der Waals surface area contributed by atoms with Crippen molar-refractivity contribution < 1.29 is 9.53 Å². The molecule has 3 heteroatoms. The van der Waals surface area contributed by atoms with Crippen molar-refractivity contribution in [3.05, 3.63) is 34.9 Å². The number of rotatable bonds is 3. The molecule has 1 aromatic rings. The Morgan fingerprint density at radius 1 is 1.25 bits per heavy atom. The van der Waals surface area contributed by atoms with Gasteiger partial charge in [0.1, 0.15) is 5.60 Å². The zero-order valence-electron chi connectivity index (χ0n) is 9.92. The Bertz CT molecular complexity index is 349. The summed E-state index contributed by atoms with van der Waals surface area (Å²) in [4.78, 5) is 11.5. The largest absolute Gasteiger partial charge is 0.460 e. The van der Waals surface area contributed by atoms with E-state index in [1.165, 1.54) is 0 Å². The van der Waals surface area contributed by atoms with Gasteiger partial charge in [-0.05, 0) is 44.9 Å². The third-order valence-corrected chi connectivity index (χ3v) is 2.20. The molecule has 16 heavy (non-hydrogen) atoms.